The number of carboxylic acids is 3. The standard InChI is InChI=1S/C8H18OS.3C5H10O2.Tb/c1-3-5-7-10(9)8-6-4-2;3*1-2-3-4-5(6)7;/h3-8H2,1-2H3;3*2-4H2,1H3,(H,6,7);/q;;;;+3/p-3. The van der Waals surface area contributed by atoms with Crippen LogP contribution in [0.4, 0.5) is 0 Å². The molecule has 0 aliphatic rings. The molecule has 9 heteroatoms. The molecule has 0 aromatic carbocycles. The van der Waals surface area contributed by atoms with Gasteiger partial charge in [0.2, 0.25) is 0 Å². The van der Waals surface area contributed by atoms with Crippen LogP contribution in [0.15, 0.2) is 0 Å². The number of aliphatic carboxylic acids is 3. The van der Waals surface area contributed by atoms with Crippen molar-refractivity contribution in [2.75, 3.05) is 11.5 Å². The Labute approximate surface area is 229 Å². The van der Waals surface area contributed by atoms with Crippen LogP contribution in [0, 0.1) is 38.6 Å². The monoisotopic (exact) mass is 624 g/mol. The van der Waals surface area contributed by atoms with Gasteiger partial charge in [-0.2, -0.15) is 0 Å². The van der Waals surface area contributed by atoms with Gasteiger partial charge in [0.05, 0.1) is 0 Å². The first kappa shape index (κ1) is 42.0. The van der Waals surface area contributed by atoms with E-state index < -0.39 is 28.7 Å². The Morgan fingerprint density at radius 3 is 0.875 bits per heavy atom. The molecule has 0 aromatic rings. The van der Waals surface area contributed by atoms with E-state index in [1.54, 1.807) is 0 Å². The second kappa shape index (κ2) is 38.1. The Bertz CT molecular complexity index is 380. The van der Waals surface area contributed by atoms with Gasteiger partial charge in [-0.3, -0.25) is 4.21 Å². The zero-order valence-electron chi connectivity index (χ0n) is 20.7. The van der Waals surface area contributed by atoms with Gasteiger partial charge >= 0.3 is 38.6 Å². The number of rotatable bonds is 15. The third kappa shape index (κ3) is 63.1. The average molecular weight is 625 g/mol. The summed E-state index contributed by atoms with van der Waals surface area (Å²) in [5.41, 5.74) is 0. The van der Waals surface area contributed by atoms with Crippen molar-refractivity contribution >= 4 is 28.7 Å². The molecule has 0 aromatic heterocycles. The Kier molecular flexibility index (Phi) is 50.1. The third-order valence-corrected chi connectivity index (χ3v) is 5.14. The van der Waals surface area contributed by atoms with Crippen molar-refractivity contribution in [1.82, 2.24) is 0 Å². The van der Waals surface area contributed by atoms with Gasteiger partial charge in [0, 0.05) is 40.2 Å². The molecule has 0 saturated carbocycles. The maximum Gasteiger partial charge on any atom is 3.00 e. The topological polar surface area (TPSA) is 137 Å². The van der Waals surface area contributed by atoms with Gasteiger partial charge in [0.25, 0.3) is 0 Å². The van der Waals surface area contributed by atoms with E-state index in [0.717, 1.165) is 75.7 Å². The number of carbonyl (C=O) groups is 3. The summed E-state index contributed by atoms with van der Waals surface area (Å²) in [5, 5.41) is 28.9. The molecule has 0 amide bonds. The van der Waals surface area contributed by atoms with Crippen LogP contribution in [-0.4, -0.2) is 33.6 Å². The minimum Gasteiger partial charge on any atom is -0.550 e. The van der Waals surface area contributed by atoms with E-state index in [1.165, 1.54) is 0 Å². The second-order valence-electron chi connectivity index (χ2n) is 6.98. The first-order chi connectivity index (χ1) is 14.6. The molecule has 0 heterocycles. The number of hydrogen-bond donors (Lipinski definition) is 0. The van der Waals surface area contributed by atoms with E-state index in [0.29, 0.717) is 0 Å². The number of carbonyl (C=O) groups excluding carboxylic acids is 3. The Hall–Kier alpha value is -0.154. The largest absolute Gasteiger partial charge is 3.00 e. The summed E-state index contributed by atoms with van der Waals surface area (Å²) >= 11 is 0. The van der Waals surface area contributed by atoms with Gasteiger partial charge in [-0.05, 0) is 51.4 Å². The zero-order valence-corrected chi connectivity index (χ0v) is 23.7. The molecule has 194 valence electrons. The summed E-state index contributed by atoms with van der Waals surface area (Å²) in [5.74, 6) is -1.00. The van der Waals surface area contributed by atoms with Crippen LogP contribution in [0.2, 0.25) is 0 Å². The van der Waals surface area contributed by atoms with Crippen LogP contribution < -0.4 is 15.3 Å². The van der Waals surface area contributed by atoms with E-state index in [4.69, 9.17) is 0 Å². The van der Waals surface area contributed by atoms with Gasteiger partial charge in [-0.25, -0.2) is 0 Å². The normalized spacial score (nSPS) is 9.06. The van der Waals surface area contributed by atoms with Gasteiger partial charge < -0.3 is 29.7 Å². The van der Waals surface area contributed by atoms with Crippen molar-refractivity contribution < 1.29 is 72.5 Å². The smallest absolute Gasteiger partial charge is 0.550 e. The van der Waals surface area contributed by atoms with Crippen molar-refractivity contribution in [3.05, 3.63) is 0 Å². The van der Waals surface area contributed by atoms with Crippen LogP contribution in [0.25, 0.3) is 0 Å². The fraction of sp³-hybridized carbons (Fsp3) is 0.870. The van der Waals surface area contributed by atoms with Crippen molar-refractivity contribution in [3.63, 3.8) is 0 Å². The van der Waals surface area contributed by atoms with Crippen LogP contribution in [0.3, 0.4) is 0 Å². The van der Waals surface area contributed by atoms with Gasteiger partial charge in [0.15, 0.2) is 0 Å². The van der Waals surface area contributed by atoms with Gasteiger partial charge in [0.1, 0.15) is 0 Å². The summed E-state index contributed by atoms with van der Waals surface area (Å²) < 4.78 is 11.1. The number of hydrogen-bond acceptors (Lipinski definition) is 7. The van der Waals surface area contributed by atoms with Crippen LogP contribution in [0.1, 0.15) is 118 Å². The predicted octanol–water partition coefficient (Wildman–Crippen LogP) is 2.11. The van der Waals surface area contributed by atoms with Crippen molar-refractivity contribution in [3.8, 4) is 0 Å². The van der Waals surface area contributed by atoms with Crippen molar-refractivity contribution in [2.24, 2.45) is 0 Å². The molecular formula is C23H45O7STb. The van der Waals surface area contributed by atoms with Gasteiger partial charge in [-0.1, -0.05) is 66.7 Å². The molecule has 0 aliphatic carbocycles. The summed E-state index contributed by atoms with van der Waals surface area (Å²) in [4.78, 5) is 28.9. The molecule has 32 heavy (non-hydrogen) atoms. The van der Waals surface area contributed by atoms with E-state index in [2.05, 4.69) is 13.8 Å². The first-order valence-corrected chi connectivity index (χ1v) is 13.1. The van der Waals surface area contributed by atoms with Crippen molar-refractivity contribution in [1.29, 1.82) is 0 Å². The summed E-state index contributed by atoms with van der Waals surface area (Å²) in [6.07, 6.45) is 10.2. The summed E-state index contributed by atoms with van der Waals surface area (Å²) in [6, 6.07) is 0. The maximum atomic E-state index is 11.1. The number of unbranched alkanes of at least 4 members (excludes halogenated alkanes) is 5. The minimum atomic E-state index is -0.943. The molecule has 0 N–H and O–H groups in total. The maximum absolute atomic E-state index is 11.1. The van der Waals surface area contributed by atoms with E-state index >= 15 is 0 Å². The molecule has 0 saturated heterocycles. The number of carboxylic acid groups (broad SMARTS) is 3. The molecule has 0 fully saturated rings. The Morgan fingerprint density at radius 2 is 0.750 bits per heavy atom. The molecule has 0 atom stereocenters. The second-order valence-corrected chi connectivity index (χ2v) is 8.68. The Morgan fingerprint density at radius 1 is 0.531 bits per heavy atom. The van der Waals surface area contributed by atoms with Gasteiger partial charge in [-0.15, -0.1) is 0 Å². The molecule has 0 rings (SSSR count). The quantitative estimate of drug-likeness (QED) is 0.272. The molecule has 0 aliphatic heterocycles. The molecule has 0 spiro atoms. The van der Waals surface area contributed by atoms with E-state index in [9.17, 15) is 33.9 Å². The van der Waals surface area contributed by atoms with E-state index in [-0.39, 0.29) is 57.9 Å². The van der Waals surface area contributed by atoms with Crippen molar-refractivity contribution in [2.45, 2.75) is 118 Å². The fourth-order valence-electron chi connectivity index (χ4n) is 1.68. The molecule has 7 nitrogen and oxygen atoms in total. The SMILES string of the molecule is CCCCC(=O)[O-].CCCCC(=O)[O-].CCCCC(=O)[O-].CCCCS(=O)CCCC.[Tb+3]. The zero-order chi connectivity index (χ0) is 24.9. The average Bonchev–Trinajstić information content (AvgIpc) is 2.73. The molecule has 0 bridgehead atoms. The minimum absolute atomic E-state index is 0. The first-order valence-electron chi connectivity index (χ1n) is 11.6. The van der Waals surface area contributed by atoms with E-state index in [1.807, 2.05) is 20.8 Å². The predicted molar refractivity (Wildman–Crippen MR) is 121 cm³/mol. The van der Waals surface area contributed by atoms with Crippen LogP contribution in [0.5, 0.6) is 0 Å². The van der Waals surface area contributed by atoms with Crippen LogP contribution in [-0.2, 0) is 25.2 Å². The summed E-state index contributed by atoms with van der Waals surface area (Å²) in [7, 11) is -0.520. The molecule has 0 radical (unpaired) electrons. The summed E-state index contributed by atoms with van der Waals surface area (Å²) in [6.45, 7) is 10.1. The molecule has 0 unspecified atom stereocenters. The fourth-order valence-corrected chi connectivity index (χ4v) is 3.10. The Balaban J connectivity index is -0.000000102. The van der Waals surface area contributed by atoms with Crippen LogP contribution >= 0.6 is 0 Å². The third-order valence-electron chi connectivity index (χ3n) is 3.65. The molecular weight excluding hydrogens is 579 g/mol.